The average Bonchev–Trinajstić information content (AvgIpc) is 3.13. The summed E-state index contributed by atoms with van der Waals surface area (Å²) in [4.78, 5) is 21.8. The van der Waals surface area contributed by atoms with E-state index >= 15 is 0 Å². The number of carbonyl (C=O) groups is 1. The monoisotopic (exact) mass is 233 g/mol. The van der Waals surface area contributed by atoms with Crippen LogP contribution in [-0.2, 0) is 11.2 Å². The maximum absolute atomic E-state index is 11.8. The van der Waals surface area contributed by atoms with Gasteiger partial charge in [0.2, 0.25) is 0 Å². The normalized spacial score (nSPS) is 142. The molecule has 10 fully saturated rings. The number of fused-ring (bicyclic) bond motifs is 10. The molecule has 10 aliphatic rings. The molecule has 0 saturated carbocycles. The SMILES string of the molecule is O=C(O)[C]12[CH]3[CH]4[CH]5[CH]1[Co]45321678[CH]2[CH]1[CH]6[CH]7[CH]28. The Morgan fingerprint density at radius 1 is 0.929 bits per heavy atom. The first kappa shape index (κ1) is 4.46. The fourth-order valence-electron chi connectivity index (χ4n) is 15.8. The summed E-state index contributed by atoms with van der Waals surface area (Å²) in [6.45, 7) is 0. The number of aliphatic carboxylic acids is 1. The molecular weight excluding hydrogens is 223 g/mol. The van der Waals surface area contributed by atoms with Crippen molar-refractivity contribution in [2.24, 2.45) is 0 Å². The van der Waals surface area contributed by atoms with Gasteiger partial charge in [0.15, 0.2) is 0 Å². The number of carboxylic acid groups (broad SMARTS) is 1. The van der Waals surface area contributed by atoms with E-state index in [9.17, 15) is 9.90 Å². The van der Waals surface area contributed by atoms with Crippen LogP contribution in [0.15, 0.2) is 0 Å². The van der Waals surface area contributed by atoms with Crippen molar-refractivity contribution in [2.45, 2.75) is 48.0 Å². The second kappa shape index (κ2) is 0.284. The summed E-state index contributed by atoms with van der Waals surface area (Å²) in [5, 5.41) is 9.74. The molecule has 0 aliphatic carbocycles. The summed E-state index contributed by atoms with van der Waals surface area (Å²) in [6, 6.07) is 0. The van der Waals surface area contributed by atoms with Crippen molar-refractivity contribution >= 4 is 5.97 Å². The molecule has 3 heteroatoms. The predicted octanol–water partition coefficient (Wildman–Crippen LogP) is 2.83. The molecule has 0 aromatic heterocycles. The van der Waals surface area contributed by atoms with Crippen molar-refractivity contribution in [3.8, 4) is 0 Å². The Hall–Kier alpha value is -0.0235. The first-order valence-electron chi connectivity index (χ1n) is 5.82. The third kappa shape index (κ3) is 0.0301. The summed E-state index contributed by atoms with van der Waals surface area (Å²) in [6.07, 6.45) is -3.10. The second-order valence-electron chi connectivity index (χ2n) is 9.55. The second-order valence-corrected chi connectivity index (χ2v) is 31.8. The molecule has 10 heterocycles. The van der Waals surface area contributed by atoms with Crippen LogP contribution in [0.3, 0.4) is 0 Å². The number of carboxylic acids is 1. The molecule has 14 heavy (non-hydrogen) atoms. The number of rotatable bonds is 1. The van der Waals surface area contributed by atoms with E-state index in [-0.39, 0.29) is 10.3 Å². The quantitative estimate of drug-likeness (QED) is 0.756. The van der Waals surface area contributed by atoms with Crippen LogP contribution in [0.4, 0.5) is 0 Å². The molecule has 0 radical (unpaired) electrons. The fraction of sp³-hybridized carbons (Fsp3) is 0.909. The van der Waals surface area contributed by atoms with Gasteiger partial charge in [-0.1, -0.05) is 0 Å². The van der Waals surface area contributed by atoms with Crippen molar-refractivity contribution in [2.75, 3.05) is 0 Å². The van der Waals surface area contributed by atoms with E-state index in [2.05, 4.69) is 0 Å². The molecule has 0 bridgehead atoms. The maximum atomic E-state index is 11.8. The van der Waals surface area contributed by atoms with Crippen LogP contribution in [0, 0.1) is 0 Å². The van der Waals surface area contributed by atoms with Gasteiger partial charge in [-0.15, -0.1) is 0 Å². The zero-order valence-corrected chi connectivity index (χ0v) is 8.43. The van der Waals surface area contributed by atoms with E-state index in [1.807, 2.05) is 0 Å². The molecule has 0 amide bonds. The van der Waals surface area contributed by atoms with Gasteiger partial charge >= 0.3 is 70.3 Å². The van der Waals surface area contributed by atoms with Crippen molar-refractivity contribution in [3.05, 3.63) is 0 Å². The molecule has 10 saturated heterocycles. The van der Waals surface area contributed by atoms with Crippen LogP contribution in [0.1, 0.15) is 0 Å². The van der Waals surface area contributed by atoms with Crippen LogP contribution < -0.4 is 0 Å². The van der Waals surface area contributed by atoms with E-state index in [1.54, 1.807) is 0 Å². The molecule has 0 aromatic carbocycles. The Kier molecular flexibility index (Phi) is 0.0904. The summed E-state index contributed by atoms with van der Waals surface area (Å²) >= 11 is 0. The molecule has 1 spiro atoms. The van der Waals surface area contributed by atoms with Crippen LogP contribution >= 0.6 is 0 Å². The van der Waals surface area contributed by atoms with Crippen molar-refractivity contribution in [3.63, 3.8) is 0 Å². The molecule has 4 unspecified atom stereocenters. The molecule has 10 rings (SSSR count). The van der Waals surface area contributed by atoms with Gasteiger partial charge in [0.1, 0.15) is 0 Å². The summed E-state index contributed by atoms with van der Waals surface area (Å²) in [5.41, 5.74) is 0. The Morgan fingerprint density at radius 2 is 1.36 bits per heavy atom. The summed E-state index contributed by atoms with van der Waals surface area (Å²) < 4.78 is 0.104. The minimum absolute atomic E-state index is 0.104. The molecule has 75 valence electrons. The van der Waals surface area contributed by atoms with Crippen molar-refractivity contribution in [1.82, 2.24) is 0 Å². The van der Waals surface area contributed by atoms with Gasteiger partial charge in [0.05, 0.1) is 0 Å². The van der Waals surface area contributed by atoms with Crippen molar-refractivity contribution < 1.29 is 16.3 Å². The van der Waals surface area contributed by atoms with Gasteiger partial charge in [-0.2, -0.15) is 0 Å². The van der Waals surface area contributed by atoms with Crippen molar-refractivity contribution in [1.29, 1.82) is 0 Å². The van der Waals surface area contributed by atoms with Gasteiger partial charge in [-0.05, 0) is 0 Å². The fourth-order valence-corrected chi connectivity index (χ4v) is 83.5. The number of hydrogen-bond acceptors (Lipinski definition) is 1. The Bertz CT molecular complexity index is 847. The standard InChI is InChI=1S/C6H5O2.C5H5.Co/c7-6(8)5-3-1-2-4-5;1-2-4-5-3-1;/h1-4H,(H,7,8);1-5H;. The van der Waals surface area contributed by atoms with E-state index in [0.29, 0.717) is 0 Å². The molecule has 10 aliphatic heterocycles. The first-order chi connectivity index (χ1) is 6.49. The van der Waals surface area contributed by atoms with Crippen LogP contribution in [0.5, 0.6) is 0 Å². The summed E-state index contributed by atoms with van der Waals surface area (Å²) in [5.74, 6) is -0.277. The molecule has 2 nitrogen and oxygen atoms in total. The average molecular weight is 233 g/mol. The minimum atomic E-state index is -3.10. The van der Waals surface area contributed by atoms with Gasteiger partial charge < -0.3 is 0 Å². The van der Waals surface area contributed by atoms with Gasteiger partial charge in [-0.25, -0.2) is 0 Å². The van der Waals surface area contributed by atoms with Gasteiger partial charge in [0.25, 0.3) is 0 Å². The predicted molar refractivity (Wildman–Crippen MR) is 44.1 cm³/mol. The Labute approximate surface area is 70.6 Å². The van der Waals surface area contributed by atoms with E-state index in [0.717, 1.165) is 43.7 Å². The molecule has 4 atom stereocenters. The topological polar surface area (TPSA) is 37.3 Å². The van der Waals surface area contributed by atoms with E-state index in [1.165, 1.54) is 0 Å². The third-order valence-electron chi connectivity index (χ3n) is 14.2. The number of hydrogen-bond donors (Lipinski definition) is 1. The zero-order chi connectivity index (χ0) is 8.59. The Morgan fingerprint density at radius 3 is 1.43 bits per heavy atom. The van der Waals surface area contributed by atoms with E-state index in [4.69, 9.17) is 0 Å². The van der Waals surface area contributed by atoms with Crippen LogP contribution in [0.2, 0.25) is 48.0 Å². The van der Waals surface area contributed by atoms with E-state index < -0.39 is 6.37 Å². The van der Waals surface area contributed by atoms with Crippen LogP contribution in [-0.4, -0.2) is 11.1 Å². The van der Waals surface area contributed by atoms with Gasteiger partial charge in [-0.3, -0.25) is 0 Å². The molecular formula is C11H10CoO2. The molecule has 1 N–H and O–H groups in total. The summed E-state index contributed by atoms with van der Waals surface area (Å²) in [7, 11) is 0. The van der Waals surface area contributed by atoms with Crippen LogP contribution in [0.25, 0.3) is 0 Å². The first-order valence-corrected chi connectivity index (χ1v) is 11.8. The third-order valence-corrected chi connectivity index (χ3v) is 54.1. The zero-order valence-electron chi connectivity index (χ0n) is 7.38. The molecule has 0 aromatic rings. The van der Waals surface area contributed by atoms with Gasteiger partial charge in [0, 0.05) is 0 Å². The Balaban J connectivity index is 1.98.